The molecule has 0 aromatic rings. The smallest absolute Gasteiger partial charge is 0.325 e. The van der Waals surface area contributed by atoms with Gasteiger partial charge in [-0.15, -0.1) is 0 Å². The Hall–Kier alpha value is -1.30. The fraction of sp³-hybridized carbons (Fsp3) is 0.833. The number of nitrogens with zero attached hydrogens (tertiary/aromatic N) is 1. The van der Waals surface area contributed by atoms with Gasteiger partial charge < -0.3 is 20.1 Å². The van der Waals surface area contributed by atoms with Crippen LogP contribution in [0.25, 0.3) is 0 Å². The molecule has 0 aliphatic heterocycles. The third-order valence-corrected chi connectivity index (χ3v) is 3.10. The molecule has 0 aromatic carbocycles. The van der Waals surface area contributed by atoms with Crippen molar-refractivity contribution in [1.82, 2.24) is 10.2 Å². The third-order valence-electron chi connectivity index (χ3n) is 3.10. The fourth-order valence-corrected chi connectivity index (χ4v) is 2.20. The second-order valence-corrected chi connectivity index (χ2v) is 4.75. The molecule has 1 rings (SSSR count). The van der Waals surface area contributed by atoms with Crippen molar-refractivity contribution in [2.24, 2.45) is 0 Å². The highest BCUT2D eigenvalue weighted by atomic mass is 16.5. The average molecular weight is 258 g/mol. The van der Waals surface area contributed by atoms with Crippen LogP contribution in [0.2, 0.25) is 0 Å². The molecule has 0 bridgehead atoms. The highest BCUT2D eigenvalue weighted by Gasteiger charge is 2.33. The highest BCUT2D eigenvalue weighted by Crippen LogP contribution is 2.29. The monoisotopic (exact) mass is 258 g/mol. The van der Waals surface area contributed by atoms with Gasteiger partial charge in [0.15, 0.2) is 0 Å². The fourth-order valence-electron chi connectivity index (χ4n) is 2.20. The van der Waals surface area contributed by atoms with Gasteiger partial charge in [-0.05, 0) is 19.8 Å². The molecule has 1 fully saturated rings. The second-order valence-electron chi connectivity index (χ2n) is 4.75. The summed E-state index contributed by atoms with van der Waals surface area (Å²) in [5, 5.41) is 12.6. The molecule has 0 heterocycles. The molecule has 0 radical (unpaired) electrons. The number of hydrogen-bond donors (Lipinski definition) is 2. The first-order chi connectivity index (χ1) is 8.47. The van der Waals surface area contributed by atoms with Crippen LogP contribution < -0.4 is 5.32 Å². The maximum Gasteiger partial charge on any atom is 0.325 e. The summed E-state index contributed by atoms with van der Waals surface area (Å²) in [7, 11) is 1.61. The number of urea groups is 1. The van der Waals surface area contributed by atoms with E-state index in [1.807, 2.05) is 0 Å². The lowest BCUT2D eigenvalue weighted by molar-refractivity contribution is -0.141. The summed E-state index contributed by atoms with van der Waals surface area (Å²) in [4.78, 5) is 24.2. The van der Waals surface area contributed by atoms with Crippen LogP contribution >= 0.6 is 0 Å². The van der Waals surface area contributed by atoms with Crippen LogP contribution in [0.3, 0.4) is 0 Å². The number of likely N-dealkylation sites (N-methyl/N-ethyl adjacent to an activating group) is 1. The van der Waals surface area contributed by atoms with Gasteiger partial charge in [-0.2, -0.15) is 0 Å². The molecule has 0 aromatic heterocycles. The summed E-state index contributed by atoms with van der Waals surface area (Å²) in [6.45, 7) is 2.16. The molecular formula is C12H22N2O4. The highest BCUT2D eigenvalue weighted by molar-refractivity contribution is 5.80. The van der Waals surface area contributed by atoms with Gasteiger partial charge in [-0.3, -0.25) is 4.79 Å². The molecule has 0 saturated heterocycles. The number of amides is 2. The van der Waals surface area contributed by atoms with Crippen molar-refractivity contribution >= 4 is 12.0 Å². The van der Waals surface area contributed by atoms with Gasteiger partial charge in [0.1, 0.15) is 6.54 Å². The standard InChI is InChI=1S/C12H22N2O4/c1-3-18-10(15)8-13-11(16)14(2)9-12(17)6-4-5-7-12/h17H,3-9H2,1-2H3,(H,13,16). The number of aliphatic hydroxyl groups is 1. The SMILES string of the molecule is CCOC(=O)CNC(=O)N(C)CC1(O)CCCC1. The maximum atomic E-state index is 11.7. The van der Waals surface area contributed by atoms with E-state index in [1.165, 1.54) is 4.90 Å². The minimum atomic E-state index is -0.768. The number of esters is 1. The molecule has 0 spiro atoms. The molecule has 1 saturated carbocycles. The Labute approximate surface area is 107 Å². The Morgan fingerprint density at radius 2 is 2.00 bits per heavy atom. The molecule has 2 amide bonds. The lowest BCUT2D eigenvalue weighted by Gasteiger charge is -2.28. The van der Waals surface area contributed by atoms with Gasteiger partial charge >= 0.3 is 12.0 Å². The summed E-state index contributed by atoms with van der Waals surface area (Å²) in [6.07, 6.45) is 3.44. The zero-order chi connectivity index (χ0) is 13.6. The number of hydrogen-bond acceptors (Lipinski definition) is 4. The number of carbonyl (C=O) groups is 2. The third kappa shape index (κ3) is 4.52. The van der Waals surface area contributed by atoms with Crippen LogP contribution in [-0.4, -0.2) is 54.4 Å². The first kappa shape index (κ1) is 14.8. The Balaban J connectivity index is 2.30. The Kier molecular flexibility index (Phi) is 5.40. The zero-order valence-corrected chi connectivity index (χ0v) is 11.1. The quantitative estimate of drug-likeness (QED) is 0.704. The summed E-state index contributed by atoms with van der Waals surface area (Å²) in [5.74, 6) is -0.459. The van der Waals surface area contributed by atoms with E-state index in [4.69, 9.17) is 4.74 Å². The minimum absolute atomic E-state index is 0.143. The van der Waals surface area contributed by atoms with E-state index in [0.717, 1.165) is 25.7 Å². The Morgan fingerprint density at radius 3 is 2.56 bits per heavy atom. The van der Waals surface area contributed by atoms with E-state index < -0.39 is 11.6 Å². The molecule has 0 atom stereocenters. The van der Waals surface area contributed by atoms with Crippen molar-refractivity contribution in [2.45, 2.75) is 38.2 Å². The first-order valence-corrected chi connectivity index (χ1v) is 6.34. The van der Waals surface area contributed by atoms with E-state index in [0.29, 0.717) is 13.2 Å². The van der Waals surface area contributed by atoms with Crippen molar-refractivity contribution in [2.75, 3.05) is 26.7 Å². The van der Waals surface area contributed by atoms with Crippen molar-refractivity contribution in [3.8, 4) is 0 Å². The molecular weight excluding hydrogens is 236 g/mol. The van der Waals surface area contributed by atoms with Crippen molar-refractivity contribution in [3.05, 3.63) is 0 Å². The molecule has 0 unspecified atom stereocenters. The predicted molar refractivity (Wildman–Crippen MR) is 66.1 cm³/mol. The molecule has 6 heteroatoms. The predicted octanol–water partition coefficient (Wildman–Crippen LogP) is 0.496. The van der Waals surface area contributed by atoms with Gasteiger partial charge in [0.2, 0.25) is 0 Å². The van der Waals surface area contributed by atoms with Crippen molar-refractivity contribution < 1.29 is 19.4 Å². The van der Waals surface area contributed by atoms with E-state index in [9.17, 15) is 14.7 Å². The molecule has 18 heavy (non-hydrogen) atoms. The summed E-state index contributed by atoms with van der Waals surface area (Å²) in [6, 6.07) is -0.372. The van der Waals surface area contributed by atoms with Crippen LogP contribution in [0.1, 0.15) is 32.6 Å². The number of carbonyl (C=O) groups excluding carboxylic acids is 2. The molecule has 6 nitrogen and oxygen atoms in total. The summed E-state index contributed by atoms with van der Waals surface area (Å²) >= 11 is 0. The Morgan fingerprint density at radius 1 is 1.39 bits per heavy atom. The lowest BCUT2D eigenvalue weighted by atomic mass is 10.0. The zero-order valence-electron chi connectivity index (χ0n) is 11.1. The largest absolute Gasteiger partial charge is 0.465 e. The van der Waals surface area contributed by atoms with E-state index >= 15 is 0 Å². The topological polar surface area (TPSA) is 78.9 Å². The van der Waals surface area contributed by atoms with E-state index in [-0.39, 0.29) is 12.6 Å². The van der Waals surface area contributed by atoms with Crippen molar-refractivity contribution in [1.29, 1.82) is 0 Å². The van der Waals surface area contributed by atoms with E-state index in [2.05, 4.69) is 5.32 Å². The summed E-state index contributed by atoms with van der Waals surface area (Å²) < 4.78 is 4.70. The van der Waals surface area contributed by atoms with Crippen LogP contribution in [0.4, 0.5) is 4.79 Å². The Bertz CT molecular complexity index is 300. The summed E-state index contributed by atoms with van der Waals surface area (Å²) in [5.41, 5.74) is -0.768. The number of rotatable bonds is 5. The molecule has 2 N–H and O–H groups in total. The molecule has 1 aliphatic rings. The van der Waals surface area contributed by atoms with Gasteiger partial charge in [-0.25, -0.2) is 4.79 Å². The van der Waals surface area contributed by atoms with Gasteiger partial charge in [0, 0.05) is 7.05 Å². The van der Waals surface area contributed by atoms with Gasteiger partial charge in [0.05, 0.1) is 18.8 Å². The van der Waals surface area contributed by atoms with Crippen molar-refractivity contribution in [3.63, 3.8) is 0 Å². The number of nitrogens with one attached hydrogen (secondary N) is 1. The second kappa shape index (κ2) is 6.58. The van der Waals surface area contributed by atoms with E-state index in [1.54, 1.807) is 14.0 Å². The molecule has 104 valence electrons. The van der Waals surface area contributed by atoms with Gasteiger partial charge in [-0.1, -0.05) is 12.8 Å². The van der Waals surface area contributed by atoms with Crippen LogP contribution in [0.15, 0.2) is 0 Å². The lowest BCUT2D eigenvalue weighted by Crippen LogP contribution is -2.47. The van der Waals surface area contributed by atoms with Crippen LogP contribution in [0, 0.1) is 0 Å². The molecule has 1 aliphatic carbocycles. The minimum Gasteiger partial charge on any atom is -0.465 e. The normalized spacial score (nSPS) is 17.3. The first-order valence-electron chi connectivity index (χ1n) is 6.34. The number of ether oxygens (including phenoxy) is 1. The maximum absolute atomic E-state index is 11.7. The van der Waals surface area contributed by atoms with Crippen LogP contribution in [-0.2, 0) is 9.53 Å². The van der Waals surface area contributed by atoms with Crippen LogP contribution in [0.5, 0.6) is 0 Å². The van der Waals surface area contributed by atoms with Gasteiger partial charge in [0.25, 0.3) is 0 Å². The average Bonchev–Trinajstić information content (AvgIpc) is 2.73.